The Hall–Kier alpha value is -1.02. The number of rotatable bonds is 1. The average molecular weight is 352 g/mol. The molecule has 7 heteroatoms. The first-order valence-corrected chi connectivity index (χ1v) is 5.74. The van der Waals surface area contributed by atoms with Crippen LogP contribution in [0.3, 0.4) is 0 Å². The molecule has 0 fully saturated rings. The fourth-order valence-electron chi connectivity index (χ4n) is 1.06. The molecule has 16 heavy (non-hydrogen) atoms. The number of hydrogen-bond acceptors (Lipinski definition) is 1. The molecule has 0 atom stereocenters. The van der Waals surface area contributed by atoms with Gasteiger partial charge in [-0.25, -0.2) is 0 Å². The third kappa shape index (κ3) is 3.24. The van der Waals surface area contributed by atoms with Crippen molar-refractivity contribution in [2.75, 3.05) is 11.9 Å². The highest BCUT2D eigenvalue weighted by Gasteiger charge is 2.10. The average Bonchev–Trinajstić information content (AvgIpc) is 2.15. The summed E-state index contributed by atoms with van der Waals surface area (Å²) in [5, 5.41) is 8.18. The van der Waals surface area contributed by atoms with Crippen molar-refractivity contribution in [3.8, 4) is 0 Å². The second-order valence-electron chi connectivity index (χ2n) is 3.02. The minimum Gasteiger partial charge on any atom is -0.370 e. The van der Waals surface area contributed by atoms with Crippen molar-refractivity contribution in [1.82, 2.24) is 0 Å². The van der Waals surface area contributed by atoms with E-state index in [1.165, 1.54) is 4.90 Å². The zero-order valence-electron chi connectivity index (χ0n) is 8.54. The molecule has 0 aliphatic carbocycles. The summed E-state index contributed by atoms with van der Waals surface area (Å²) in [5.74, 6) is -0.221. The number of benzene rings is 1. The van der Waals surface area contributed by atoms with Gasteiger partial charge in [0.05, 0.1) is 10.7 Å². The van der Waals surface area contributed by atoms with E-state index < -0.39 is 0 Å². The van der Waals surface area contributed by atoms with E-state index in [1.54, 1.807) is 19.2 Å². The molecule has 0 saturated heterocycles. The number of halogens is 2. The van der Waals surface area contributed by atoms with Crippen LogP contribution in [0.25, 0.3) is 0 Å². The molecule has 0 aromatic heterocycles. The summed E-state index contributed by atoms with van der Waals surface area (Å²) in [6, 6.07) is 5.50. The quantitative estimate of drug-likeness (QED) is 0.407. The van der Waals surface area contributed by atoms with Crippen LogP contribution >= 0.6 is 34.2 Å². The Morgan fingerprint density at radius 1 is 1.50 bits per heavy atom. The Morgan fingerprint density at radius 3 is 2.62 bits per heavy atom. The summed E-state index contributed by atoms with van der Waals surface area (Å²) in [5.41, 5.74) is 11.1. The Bertz CT molecular complexity index is 442. The maximum atomic E-state index is 7.63. The second-order valence-corrected chi connectivity index (χ2v) is 4.67. The van der Waals surface area contributed by atoms with Crippen molar-refractivity contribution in [2.24, 2.45) is 16.5 Å². The minimum absolute atomic E-state index is 0.0666. The highest BCUT2D eigenvalue weighted by Crippen LogP contribution is 2.26. The molecule has 1 aromatic rings. The van der Waals surface area contributed by atoms with Crippen LogP contribution in [0.15, 0.2) is 23.2 Å². The summed E-state index contributed by atoms with van der Waals surface area (Å²) in [7, 11) is 1.67. The molecule has 86 valence electrons. The van der Waals surface area contributed by atoms with E-state index in [9.17, 15) is 0 Å². The number of hydrogen-bond donors (Lipinski definition) is 3. The lowest BCUT2D eigenvalue weighted by Crippen LogP contribution is -2.30. The van der Waals surface area contributed by atoms with Crippen LogP contribution in [-0.4, -0.2) is 19.0 Å². The monoisotopic (exact) mass is 351 g/mol. The largest absolute Gasteiger partial charge is 0.370 e. The van der Waals surface area contributed by atoms with E-state index in [0.717, 1.165) is 3.57 Å². The maximum absolute atomic E-state index is 7.63. The van der Waals surface area contributed by atoms with E-state index in [0.29, 0.717) is 10.7 Å². The van der Waals surface area contributed by atoms with Crippen LogP contribution in [0.4, 0.5) is 5.69 Å². The van der Waals surface area contributed by atoms with Gasteiger partial charge in [0.25, 0.3) is 0 Å². The Morgan fingerprint density at radius 2 is 2.12 bits per heavy atom. The molecule has 5 nitrogen and oxygen atoms in total. The third-order valence-electron chi connectivity index (χ3n) is 1.82. The molecule has 0 amide bonds. The van der Waals surface area contributed by atoms with E-state index in [-0.39, 0.29) is 11.9 Å². The molecule has 0 saturated carbocycles. The fraction of sp³-hybridized carbons (Fsp3) is 0.111. The van der Waals surface area contributed by atoms with Crippen molar-refractivity contribution in [3.05, 3.63) is 26.8 Å². The lowest BCUT2D eigenvalue weighted by Gasteiger charge is -2.18. The molecule has 0 aliphatic rings. The van der Waals surface area contributed by atoms with Gasteiger partial charge >= 0.3 is 0 Å². The molecule has 0 aliphatic heterocycles. The zero-order chi connectivity index (χ0) is 12.3. The van der Waals surface area contributed by atoms with Gasteiger partial charge in [0, 0.05) is 10.6 Å². The minimum atomic E-state index is -0.154. The fourth-order valence-corrected chi connectivity index (χ4v) is 2.05. The summed E-state index contributed by atoms with van der Waals surface area (Å²) in [6.45, 7) is 0. The van der Waals surface area contributed by atoms with Crippen molar-refractivity contribution in [2.45, 2.75) is 0 Å². The molecule has 0 spiro atoms. The lowest BCUT2D eigenvalue weighted by molar-refractivity contribution is 1.19. The smallest absolute Gasteiger partial charge is 0.225 e. The van der Waals surface area contributed by atoms with Crippen LogP contribution < -0.4 is 16.4 Å². The summed E-state index contributed by atoms with van der Waals surface area (Å²) < 4.78 is 1.02. The predicted octanol–water partition coefficient (Wildman–Crippen LogP) is 1.59. The van der Waals surface area contributed by atoms with Gasteiger partial charge in [0.2, 0.25) is 5.96 Å². The zero-order valence-corrected chi connectivity index (χ0v) is 11.5. The molecule has 0 bridgehead atoms. The number of nitrogens with two attached hydrogens (primary N) is 2. The number of nitrogens with one attached hydrogen (secondary N) is 1. The van der Waals surface area contributed by atoms with Gasteiger partial charge in [0.15, 0.2) is 5.96 Å². The molecular formula is C9H11ClIN5. The van der Waals surface area contributed by atoms with Crippen LogP contribution in [0.1, 0.15) is 0 Å². The third-order valence-corrected chi connectivity index (χ3v) is 2.80. The number of guanidine groups is 2. The molecule has 0 heterocycles. The van der Waals surface area contributed by atoms with Gasteiger partial charge in [0.1, 0.15) is 0 Å². The molecule has 5 N–H and O–H groups in total. The Labute approximate surface area is 112 Å². The van der Waals surface area contributed by atoms with E-state index in [4.69, 9.17) is 28.5 Å². The molecular weight excluding hydrogens is 340 g/mol. The molecule has 1 aromatic carbocycles. The molecule has 0 unspecified atom stereocenters. The molecule has 0 radical (unpaired) electrons. The van der Waals surface area contributed by atoms with E-state index >= 15 is 0 Å². The van der Waals surface area contributed by atoms with Crippen LogP contribution in [0.5, 0.6) is 0 Å². The highest BCUT2D eigenvalue weighted by molar-refractivity contribution is 14.1. The van der Waals surface area contributed by atoms with E-state index in [1.807, 2.05) is 6.07 Å². The topological polar surface area (TPSA) is 91.5 Å². The Balaban J connectivity index is 3.01. The summed E-state index contributed by atoms with van der Waals surface area (Å²) in [4.78, 5) is 5.14. The van der Waals surface area contributed by atoms with Gasteiger partial charge in [-0.05, 0) is 40.8 Å². The first-order chi connectivity index (χ1) is 7.41. The first-order valence-electron chi connectivity index (χ1n) is 4.28. The van der Waals surface area contributed by atoms with Crippen molar-refractivity contribution in [3.63, 3.8) is 0 Å². The normalized spacial score (nSPS) is 9.69. The summed E-state index contributed by atoms with van der Waals surface area (Å²) >= 11 is 8.21. The SMILES string of the molecule is CN(C(=N)N=C(N)N)c1ccc(I)cc1Cl. The van der Waals surface area contributed by atoms with Crippen LogP contribution in [0.2, 0.25) is 5.02 Å². The lowest BCUT2D eigenvalue weighted by atomic mass is 10.3. The van der Waals surface area contributed by atoms with Gasteiger partial charge in [-0.2, -0.15) is 4.99 Å². The van der Waals surface area contributed by atoms with Gasteiger partial charge < -0.3 is 16.4 Å². The predicted molar refractivity (Wildman–Crippen MR) is 76.1 cm³/mol. The van der Waals surface area contributed by atoms with Gasteiger partial charge in [-0.3, -0.25) is 5.41 Å². The summed E-state index contributed by atoms with van der Waals surface area (Å²) in [6.07, 6.45) is 0. The van der Waals surface area contributed by atoms with Gasteiger partial charge in [-0.1, -0.05) is 11.6 Å². The van der Waals surface area contributed by atoms with Crippen LogP contribution in [-0.2, 0) is 0 Å². The highest BCUT2D eigenvalue weighted by atomic mass is 127. The standard InChI is InChI=1S/C9H11ClIN5/c1-16(9(14)15-8(12)13)7-3-2-5(11)4-6(7)10/h2-4H,1H3,(H5,12,13,14,15). The number of anilines is 1. The molecule has 1 rings (SSSR count). The Kier molecular flexibility index (Phi) is 4.36. The van der Waals surface area contributed by atoms with Gasteiger partial charge in [-0.15, -0.1) is 0 Å². The van der Waals surface area contributed by atoms with E-state index in [2.05, 4.69) is 27.6 Å². The van der Waals surface area contributed by atoms with Crippen molar-refractivity contribution >= 4 is 51.8 Å². The van der Waals surface area contributed by atoms with Crippen molar-refractivity contribution < 1.29 is 0 Å². The van der Waals surface area contributed by atoms with Crippen molar-refractivity contribution in [1.29, 1.82) is 5.41 Å². The second kappa shape index (κ2) is 5.35. The number of aliphatic imine (C=N–C) groups is 1. The van der Waals surface area contributed by atoms with Crippen LogP contribution in [0, 0.1) is 8.98 Å². The maximum Gasteiger partial charge on any atom is 0.225 e. The first kappa shape index (κ1) is 13.0. The number of nitrogens with zero attached hydrogens (tertiary/aromatic N) is 2.